The molecule has 2 heterocycles. The highest BCUT2D eigenvalue weighted by Crippen LogP contribution is 2.50. The predicted molar refractivity (Wildman–Crippen MR) is 112 cm³/mol. The Kier molecular flexibility index (Phi) is 6.18. The van der Waals surface area contributed by atoms with E-state index in [1.54, 1.807) is 21.3 Å². The van der Waals surface area contributed by atoms with Gasteiger partial charge in [0.15, 0.2) is 23.0 Å². The molecule has 0 saturated carbocycles. The molecule has 3 atom stereocenters. The highest BCUT2D eigenvalue weighted by molar-refractivity contribution is 5.75. The molecule has 172 valence electrons. The van der Waals surface area contributed by atoms with Crippen LogP contribution in [0.15, 0.2) is 24.3 Å². The molecular formula is C23H26O9. The van der Waals surface area contributed by atoms with E-state index < -0.39 is 11.9 Å². The van der Waals surface area contributed by atoms with Gasteiger partial charge in [0.05, 0.1) is 47.6 Å². The average Bonchev–Trinajstić information content (AvgIpc) is 3.44. The third kappa shape index (κ3) is 3.62. The second-order valence-electron chi connectivity index (χ2n) is 7.48. The quantitative estimate of drug-likeness (QED) is 0.612. The lowest BCUT2D eigenvalue weighted by Crippen LogP contribution is -2.26. The average molecular weight is 446 g/mol. The fourth-order valence-electron chi connectivity index (χ4n) is 4.41. The van der Waals surface area contributed by atoms with Gasteiger partial charge in [0, 0.05) is 11.8 Å². The number of fused-ring (bicyclic) bond motifs is 1. The maximum Gasteiger partial charge on any atom is 0.311 e. The van der Waals surface area contributed by atoms with E-state index in [0.29, 0.717) is 34.5 Å². The number of carbonyl (C=O) groups excluding carboxylic acids is 1. The van der Waals surface area contributed by atoms with Crippen molar-refractivity contribution in [3.8, 4) is 34.5 Å². The Morgan fingerprint density at radius 1 is 0.906 bits per heavy atom. The zero-order valence-electron chi connectivity index (χ0n) is 18.4. The van der Waals surface area contributed by atoms with Crippen LogP contribution in [0.25, 0.3) is 0 Å². The molecule has 1 fully saturated rings. The number of hydrogen-bond acceptors (Lipinski definition) is 9. The Hall–Kier alpha value is -3.33. The standard InChI is InChI=1S/C23H26O9/c1-26-16-5-12(6-17(27-2)21(16)29-4)20(15-10-30-23(25)14(15)9-24)13-7-18(28-3)22-19(8-13)31-11-32-22/h5-8,14-15,20,24H,9-11H2,1-4H3/t14-,15-,20+/m1/s1. The van der Waals surface area contributed by atoms with Crippen LogP contribution in [0.5, 0.6) is 34.5 Å². The molecule has 2 aliphatic rings. The van der Waals surface area contributed by atoms with E-state index in [-0.39, 0.29) is 31.8 Å². The molecule has 0 unspecified atom stereocenters. The van der Waals surface area contributed by atoms with Crippen molar-refractivity contribution in [3.05, 3.63) is 35.4 Å². The summed E-state index contributed by atoms with van der Waals surface area (Å²) in [6, 6.07) is 7.37. The van der Waals surface area contributed by atoms with Gasteiger partial charge in [0.2, 0.25) is 18.3 Å². The Labute approximate surface area is 185 Å². The van der Waals surface area contributed by atoms with Crippen LogP contribution in [0.2, 0.25) is 0 Å². The van der Waals surface area contributed by atoms with Crippen molar-refractivity contribution in [3.63, 3.8) is 0 Å². The minimum absolute atomic E-state index is 0.0916. The van der Waals surface area contributed by atoms with Crippen LogP contribution in [0.1, 0.15) is 17.0 Å². The molecule has 0 bridgehead atoms. The highest BCUT2D eigenvalue weighted by Gasteiger charge is 2.43. The van der Waals surface area contributed by atoms with Crippen LogP contribution >= 0.6 is 0 Å². The molecule has 0 amide bonds. The molecule has 32 heavy (non-hydrogen) atoms. The number of methoxy groups -OCH3 is 4. The fourth-order valence-corrected chi connectivity index (χ4v) is 4.41. The number of hydrogen-bond donors (Lipinski definition) is 1. The summed E-state index contributed by atoms with van der Waals surface area (Å²) in [5.74, 6) is 1.15. The van der Waals surface area contributed by atoms with Crippen molar-refractivity contribution in [1.29, 1.82) is 0 Å². The topological polar surface area (TPSA) is 102 Å². The lowest BCUT2D eigenvalue weighted by Gasteiger charge is -2.28. The first-order chi connectivity index (χ1) is 15.6. The van der Waals surface area contributed by atoms with Gasteiger partial charge < -0.3 is 38.3 Å². The van der Waals surface area contributed by atoms with Gasteiger partial charge in [-0.25, -0.2) is 0 Å². The lowest BCUT2D eigenvalue weighted by atomic mass is 9.75. The second kappa shape index (κ2) is 9.04. The summed E-state index contributed by atoms with van der Waals surface area (Å²) in [5, 5.41) is 9.95. The van der Waals surface area contributed by atoms with Crippen molar-refractivity contribution in [2.24, 2.45) is 11.8 Å². The van der Waals surface area contributed by atoms with E-state index in [1.807, 2.05) is 24.3 Å². The lowest BCUT2D eigenvalue weighted by molar-refractivity contribution is -0.142. The molecule has 9 heteroatoms. The van der Waals surface area contributed by atoms with Gasteiger partial charge in [0.1, 0.15) is 0 Å². The monoisotopic (exact) mass is 446 g/mol. The first-order valence-electron chi connectivity index (χ1n) is 10.1. The molecule has 0 radical (unpaired) electrons. The summed E-state index contributed by atoms with van der Waals surface area (Å²) in [4.78, 5) is 12.3. The summed E-state index contributed by atoms with van der Waals surface area (Å²) in [6.45, 7) is -0.0808. The van der Waals surface area contributed by atoms with Crippen molar-refractivity contribution in [2.75, 3.05) is 48.4 Å². The second-order valence-corrected chi connectivity index (χ2v) is 7.48. The number of benzene rings is 2. The molecule has 1 N–H and O–H groups in total. The molecule has 0 aliphatic carbocycles. The number of aliphatic hydroxyl groups is 1. The van der Waals surface area contributed by atoms with Crippen molar-refractivity contribution >= 4 is 5.97 Å². The van der Waals surface area contributed by atoms with Crippen LogP contribution in [-0.4, -0.2) is 59.5 Å². The molecule has 0 spiro atoms. The summed E-state index contributed by atoms with van der Waals surface area (Å²) in [5.41, 5.74) is 1.60. The van der Waals surface area contributed by atoms with Crippen molar-refractivity contribution in [1.82, 2.24) is 0 Å². The van der Waals surface area contributed by atoms with Crippen LogP contribution < -0.4 is 28.4 Å². The number of esters is 1. The molecule has 1 saturated heterocycles. The zero-order valence-corrected chi connectivity index (χ0v) is 18.4. The molecule has 2 aromatic carbocycles. The molecule has 9 nitrogen and oxygen atoms in total. The third-order valence-corrected chi connectivity index (χ3v) is 5.95. The van der Waals surface area contributed by atoms with Crippen LogP contribution in [0, 0.1) is 11.8 Å². The Bertz CT molecular complexity index is 978. The van der Waals surface area contributed by atoms with Gasteiger partial charge in [-0.3, -0.25) is 4.79 Å². The normalized spacial score (nSPS) is 20.0. The molecule has 4 rings (SSSR count). The summed E-state index contributed by atoms with van der Waals surface area (Å²) >= 11 is 0. The van der Waals surface area contributed by atoms with Gasteiger partial charge in [0.25, 0.3) is 0 Å². The Morgan fingerprint density at radius 3 is 2.12 bits per heavy atom. The molecule has 0 aromatic heterocycles. The summed E-state index contributed by atoms with van der Waals surface area (Å²) in [7, 11) is 6.16. The minimum atomic E-state index is -0.685. The van der Waals surface area contributed by atoms with E-state index >= 15 is 0 Å². The number of aliphatic hydroxyl groups excluding tert-OH is 1. The van der Waals surface area contributed by atoms with E-state index in [4.69, 9.17) is 33.2 Å². The maximum absolute atomic E-state index is 12.3. The largest absolute Gasteiger partial charge is 0.493 e. The first-order valence-corrected chi connectivity index (χ1v) is 10.1. The minimum Gasteiger partial charge on any atom is -0.493 e. The number of rotatable bonds is 8. The molecule has 2 aromatic rings. The van der Waals surface area contributed by atoms with Crippen molar-refractivity contribution < 1.29 is 43.1 Å². The summed E-state index contributed by atoms with van der Waals surface area (Å²) in [6.07, 6.45) is 0. The molecular weight excluding hydrogens is 420 g/mol. The smallest absolute Gasteiger partial charge is 0.311 e. The van der Waals surface area contributed by atoms with Gasteiger partial charge in [-0.1, -0.05) is 0 Å². The third-order valence-electron chi connectivity index (χ3n) is 5.95. The number of ether oxygens (including phenoxy) is 7. The van der Waals surface area contributed by atoms with Gasteiger partial charge in [-0.2, -0.15) is 0 Å². The van der Waals surface area contributed by atoms with Gasteiger partial charge in [-0.15, -0.1) is 0 Å². The first kappa shape index (κ1) is 21.9. The maximum atomic E-state index is 12.3. The van der Waals surface area contributed by atoms with Crippen molar-refractivity contribution in [2.45, 2.75) is 5.92 Å². The van der Waals surface area contributed by atoms with Gasteiger partial charge in [-0.05, 0) is 35.4 Å². The fraction of sp³-hybridized carbons (Fsp3) is 0.435. The van der Waals surface area contributed by atoms with Gasteiger partial charge >= 0.3 is 5.97 Å². The Morgan fingerprint density at radius 2 is 1.53 bits per heavy atom. The van der Waals surface area contributed by atoms with E-state index in [1.165, 1.54) is 7.11 Å². The van der Waals surface area contributed by atoms with E-state index in [9.17, 15) is 9.90 Å². The highest BCUT2D eigenvalue weighted by atomic mass is 16.7. The SMILES string of the molecule is COc1cc([C@@H](c2cc(OC)c3c(c2)OCO3)[C@@H]2COC(=O)[C@@H]2CO)cc(OC)c1OC. The number of carbonyl (C=O) groups is 1. The number of cyclic esters (lactones) is 1. The molecule has 2 aliphatic heterocycles. The van der Waals surface area contributed by atoms with Crippen LogP contribution in [0.3, 0.4) is 0 Å². The van der Waals surface area contributed by atoms with Crippen LogP contribution in [-0.2, 0) is 9.53 Å². The Balaban J connectivity index is 1.92. The summed E-state index contributed by atoms with van der Waals surface area (Å²) < 4.78 is 38.5. The van der Waals surface area contributed by atoms with E-state index in [2.05, 4.69) is 0 Å². The zero-order chi connectivity index (χ0) is 22.8. The predicted octanol–water partition coefficient (Wildman–Crippen LogP) is 2.36. The van der Waals surface area contributed by atoms with E-state index in [0.717, 1.165) is 11.1 Å². The van der Waals surface area contributed by atoms with Crippen LogP contribution in [0.4, 0.5) is 0 Å².